The van der Waals surface area contributed by atoms with E-state index in [1.807, 2.05) is 54.8 Å². The van der Waals surface area contributed by atoms with Gasteiger partial charge in [-0.3, -0.25) is 0 Å². The van der Waals surface area contributed by atoms with Gasteiger partial charge in [-0.15, -0.1) is 11.3 Å². The number of aryl methyl sites for hydroxylation is 1. The minimum Gasteiger partial charge on any atom is -0.491 e. The molecule has 0 radical (unpaired) electrons. The highest BCUT2D eigenvalue weighted by Crippen LogP contribution is 2.43. The average molecular weight is 447 g/mol. The van der Waals surface area contributed by atoms with Gasteiger partial charge in [0.05, 0.1) is 22.5 Å². The fourth-order valence-electron chi connectivity index (χ4n) is 4.20. The van der Waals surface area contributed by atoms with Gasteiger partial charge in [-0.1, -0.05) is 12.1 Å². The molecular formula is C25H23FN4OS. The van der Waals surface area contributed by atoms with Crippen molar-refractivity contribution in [1.29, 1.82) is 5.26 Å². The summed E-state index contributed by atoms with van der Waals surface area (Å²) >= 11 is 1.57. The Balaban J connectivity index is 1.58. The molecule has 5 nitrogen and oxygen atoms in total. The van der Waals surface area contributed by atoms with E-state index in [-0.39, 0.29) is 6.61 Å². The van der Waals surface area contributed by atoms with E-state index >= 15 is 0 Å². The Hall–Kier alpha value is -3.37. The number of hydrogen-bond acceptors (Lipinski definition) is 5. The van der Waals surface area contributed by atoms with Gasteiger partial charge in [0, 0.05) is 28.6 Å². The number of nitriles is 1. The van der Waals surface area contributed by atoms with Gasteiger partial charge in [0.1, 0.15) is 25.1 Å². The number of nitrogens with one attached hydrogen (secondary N) is 1. The van der Waals surface area contributed by atoms with E-state index in [0.29, 0.717) is 17.4 Å². The third-order valence-corrected chi connectivity index (χ3v) is 6.78. The molecule has 0 unspecified atom stereocenters. The quantitative estimate of drug-likeness (QED) is 0.341. The van der Waals surface area contributed by atoms with Crippen molar-refractivity contribution >= 4 is 33.1 Å². The molecule has 0 saturated heterocycles. The SMILES string of the molecule is Cc1csc(Nc2ccc(-c3c(C#N)c4ccc(OCCF)cc4n3C3CCC3)cc2)n1. The van der Waals surface area contributed by atoms with Gasteiger partial charge in [0.2, 0.25) is 0 Å². The summed E-state index contributed by atoms with van der Waals surface area (Å²) in [5.74, 6) is 0.627. The molecule has 0 amide bonds. The number of rotatable bonds is 7. The van der Waals surface area contributed by atoms with Gasteiger partial charge in [-0.2, -0.15) is 5.26 Å². The molecule has 2 heterocycles. The van der Waals surface area contributed by atoms with Crippen LogP contribution in [0.2, 0.25) is 0 Å². The Morgan fingerprint density at radius 2 is 2.06 bits per heavy atom. The molecule has 32 heavy (non-hydrogen) atoms. The lowest BCUT2D eigenvalue weighted by atomic mass is 9.92. The van der Waals surface area contributed by atoms with E-state index in [4.69, 9.17) is 4.74 Å². The number of anilines is 2. The number of nitrogens with zero attached hydrogens (tertiary/aromatic N) is 3. The summed E-state index contributed by atoms with van der Waals surface area (Å²) in [5, 5.41) is 17.2. The van der Waals surface area contributed by atoms with Crippen LogP contribution >= 0.6 is 11.3 Å². The van der Waals surface area contributed by atoms with Crippen LogP contribution in [0.3, 0.4) is 0 Å². The Morgan fingerprint density at radius 1 is 1.25 bits per heavy atom. The molecule has 162 valence electrons. The molecule has 5 rings (SSSR count). The number of ether oxygens (including phenoxy) is 1. The number of hydrogen-bond donors (Lipinski definition) is 1. The topological polar surface area (TPSA) is 62.9 Å². The van der Waals surface area contributed by atoms with Crippen LogP contribution in [0.25, 0.3) is 22.2 Å². The predicted molar refractivity (Wildman–Crippen MR) is 127 cm³/mol. The van der Waals surface area contributed by atoms with Crippen LogP contribution in [0.1, 0.15) is 36.6 Å². The highest BCUT2D eigenvalue weighted by molar-refractivity contribution is 7.13. The lowest BCUT2D eigenvalue weighted by Gasteiger charge is -2.30. The summed E-state index contributed by atoms with van der Waals surface area (Å²) in [6.07, 6.45) is 3.35. The zero-order valence-corrected chi connectivity index (χ0v) is 18.6. The van der Waals surface area contributed by atoms with Crippen molar-refractivity contribution in [2.24, 2.45) is 0 Å². The first kappa shape index (κ1) is 20.5. The van der Waals surface area contributed by atoms with Crippen molar-refractivity contribution < 1.29 is 9.13 Å². The average Bonchev–Trinajstić information content (AvgIpc) is 3.32. The van der Waals surface area contributed by atoms with E-state index in [1.165, 1.54) is 6.42 Å². The number of benzene rings is 2. The van der Waals surface area contributed by atoms with E-state index in [9.17, 15) is 9.65 Å². The van der Waals surface area contributed by atoms with E-state index < -0.39 is 6.67 Å². The molecule has 2 aromatic heterocycles. The van der Waals surface area contributed by atoms with Gasteiger partial charge in [0.25, 0.3) is 0 Å². The molecule has 0 atom stereocenters. The molecule has 1 saturated carbocycles. The fraction of sp³-hybridized carbons (Fsp3) is 0.280. The molecule has 1 N–H and O–H groups in total. The number of alkyl halides is 1. The van der Waals surface area contributed by atoms with Crippen LogP contribution in [-0.2, 0) is 0 Å². The van der Waals surface area contributed by atoms with Gasteiger partial charge in [-0.05, 0) is 56.0 Å². The minimum absolute atomic E-state index is 0.0285. The molecule has 0 bridgehead atoms. The Bertz CT molecular complexity index is 1300. The first-order valence-corrected chi connectivity index (χ1v) is 11.6. The van der Waals surface area contributed by atoms with E-state index in [1.54, 1.807) is 11.3 Å². The first-order chi connectivity index (χ1) is 15.7. The molecule has 1 aliphatic rings. The number of fused-ring (bicyclic) bond motifs is 1. The second kappa shape index (κ2) is 8.64. The van der Waals surface area contributed by atoms with E-state index in [0.717, 1.165) is 51.5 Å². The van der Waals surface area contributed by atoms with Crippen LogP contribution in [0.5, 0.6) is 5.75 Å². The standard InChI is InChI=1S/C25H23FN4OS/c1-16-15-32-25(28-16)29-18-7-5-17(6-8-18)24-22(14-27)21-10-9-20(31-12-11-26)13-23(21)30(24)19-3-2-4-19/h5-10,13,15,19H,2-4,11-12H2,1H3,(H,28,29). The maximum atomic E-state index is 12.6. The van der Waals surface area contributed by atoms with Crippen molar-refractivity contribution in [3.63, 3.8) is 0 Å². The van der Waals surface area contributed by atoms with Crippen LogP contribution in [0.4, 0.5) is 15.2 Å². The third kappa shape index (κ3) is 3.71. The zero-order valence-electron chi connectivity index (χ0n) is 17.8. The van der Waals surface area contributed by atoms with Gasteiger partial charge < -0.3 is 14.6 Å². The number of halogens is 1. The van der Waals surface area contributed by atoms with Gasteiger partial charge >= 0.3 is 0 Å². The van der Waals surface area contributed by atoms with Crippen molar-refractivity contribution in [2.75, 3.05) is 18.6 Å². The molecule has 4 aromatic rings. The van der Waals surface area contributed by atoms with Crippen LogP contribution < -0.4 is 10.1 Å². The molecule has 2 aromatic carbocycles. The minimum atomic E-state index is -0.530. The molecular weight excluding hydrogens is 423 g/mol. The first-order valence-electron chi connectivity index (χ1n) is 10.7. The second-order valence-corrected chi connectivity index (χ2v) is 8.86. The van der Waals surface area contributed by atoms with E-state index in [2.05, 4.69) is 20.9 Å². The summed E-state index contributed by atoms with van der Waals surface area (Å²) in [5.41, 5.74) is 5.52. The van der Waals surface area contributed by atoms with Crippen LogP contribution in [0, 0.1) is 18.3 Å². The summed E-state index contributed by atoms with van der Waals surface area (Å²) in [4.78, 5) is 4.45. The van der Waals surface area contributed by atoms with Crippen LogP contribution in [0.15, 0.2) is 47.8 Å². The predicted octanol–water partition coefficient (Wildman–Crippen LogP) is 6.76. The Labute approximate surface area is 190 Å². The summed E-state index contributed by atoms with van der Waals surface area (Å²) in [6, 6.07) is 16.6. The largest absolute Gasteiger partial charge is 0.491 e. The molecule has 7 heteroatoms. The summed E-state index contributed by atoms with van der Waals surface area (Å²) in [7, 11) is 0. The summed E-state index contributed by atoms with van der Waals surface area (Å²) in [6.45, 7) is 1.47. The monoisotopic (exact) mass is 446 g/mol. The number of thiazole rings is 1. The van der Waals surface area contributed by atoms with Crippen molar-refractivity contribution in [2.45, 2.75) is 32.2 Å². The third-order valence-electron chi connectivity index (χ3n) is 5.90. The fourth-order valence-corrected chi connectivity index (χ4v) is 4.91. The lowest BCUT2D eigenvalue weighted by molar-refractivity contribution is 0.273. The maximum absolute atomic E-state index is 12.6. The molecule has 1 aliphatic carbocycles. The maximum Gasteiger partial charge on any atom is 0.187 e. The normalized spacial score (nSPS) is 13.7. The molecule has 0 aliphatic heterocycles. The second-order valence-electron chi connectivity index (χ2n) is 8.00. The van der Waals surface area contributed by atoms with Crippen molar-refractivity contribution in [3.05, 3.63) is 59.1 Å². The van der Waals surface area contributed by atoms with Crippen LogP contribution in [-0.4, -0.2) is 22.8 Å². The van der Waals surface area contributed by atoms with Gasteiger partial charge in [0.15, 0.2) is 5.13 Å². The van der Waals surface area contributed by atoms with Gasteiger partial charge in [-0.25, -0.2) is 9.37 Å². The molecule has 0 spiro atoms. The number of aromatic nitrogens is 2. The highest BCUT2D eigenvalue weighted by Gasteiger charge is 2.28. The Morgan fingerprint density at radius 3 is 2.69 bits per heavy atom. The molecule has 1 fully saturated rings. The van der Waals surface area contributed by atoms with Crippen molar-refractivity contribution in [1.82, 2.24) is 9.55 Å². The summed E-state index contributed by atoms with van der Waals surface area (Å²) < 4.78 is 20.4. The highest BCUT2D eigenvalue weighted by atomic mass is 32.1. The van der Waals surface area contributed by atoms with Crippen molar-refractivity contribution in [3.8, 4) is 23.1 Å². The Kier molecular flexibility index (Phi) is 5.54. The lowest BCUT2D eigenvalue weighted by Crippen LogP contribution is -2.17. The zero-order chi connectivity index (χ0) is 22.1. The smallest absolute Gasteiger partial charge is 0.187 e.